The molecule has 162 valence electrons. The maximum absolute atomic E-state index is 5.84. The zero-order valence-corrected chi connectivity index (χ0v) is 19.0. The highest BCUT2D eigenvalue weighted by Crippen LogP contribution is 2.46. The molecule has 5 aromatic rings. The Balaban J connectivity index is 1.67. The first-order valence-electron chi connectivity index (χ1n) is 11.0. The number of hydrogen-bond donors (Lipinski definition) is 2. The normalized spacial score (nSPS) is 14.0. The van der Waals surface area contributed by atoms with Crippen molar-refractivity contribution in [1.29, 1.82) is 0 Å². The van der Waals surface area contributed by atoms with Crippen LogP contribution in [-0.4, -0.2) is 27.3 Å². The van der Waals surface area contributed by atoms with Crippen LogP contribution in [0.1, 0.15) is 41.6 Å². The molecular formula is C25H26N5O2+. The van der Waals surface area contributed by atoms with Gasteiger partial charge in [-0.15, -0.1) is 4.68 Å². The number of H-pyrrole nitrogens is 2. The van der Waals surface area contributed by atoms with Crippen LogP contribution in [0, 0.1) is 20.8 Å². The molecule has 7 nitrogen and oxygen atoms in total. The van der Waals surface area contributed by atoms with Crippen LogP contribution in [0.5, 0.6) is 5.75 Å². The molecule has 1 aliphatic rings. The lowest BCUT2D eigenvalue weighted by molar-refractivity contribution is -0.733. The molecule has 1 aliphatic carbocycles. The Morgan fingerprint density at radius 3 is 2.62 bits per heavy atom. The van der Waals surface area contributed by atoms with Gasteiger partial charge < -0.3 is 14.2 Å². The minimum atomic E-state index is 0.600. The molecule has 0 spiro atoms. The summed E-state index contributed by atoms with van der Waals surface area (Å²) in [4.78, 5) is 8.49. The first kappa shape index (κ1) is 19.1. The Morgan fingerprint density at radius 2 is 1.94 bits per heavy atom. The fourth-order valence-electron chi connectivity index (χ4n) is 5.16. The quantitative estimate of drug-likeness (QED) is 0.395. The minimum absolute atomic E-state index is 0.600. The summed E-state index contributed by atoms with van der Waals surface area (Å²) in [5, 5.41) is 9.84. The van der Waals surface area contributed by atoms with E-state index in [1.54, 1.807) is 7.11 Å². The Morgan fingerprint density at radius 1 is 1.12 bits per heavy atom. The predicted octanol–water partition coefficient (Wildman–Crippen LogP) is 5.00. The molecule has 0 amide bonds. The zero-order valence-electron chi connectivity index (χ0n) is 19.0. The topological polar surface area (TPSA) is 83.6 Å². The summed E-state index contributed by atoms with van der Waals surface area (Å²) in [5.74, 6) is 2.17. The molecule has 1 fully saturated rings. The van der Waals surface area contributed by atoms with Gasteiger partial charge in [-0.2, -0.15) is 5.10 Å². The van der Waals surface area contributed by atoms with Gasteiger partial charge in [0.2, 0.25) is 5.69 Å². The Hall–Kier alpha value is -3.61. The number of fused-ring (bicyclic) bond motifs is 3. The first-order valence-corrected chi connectivity index (χ1v) is 11.0. The molecule has 0 atom stereocenters. The molecule has 0 aliphatic heterocycles. The van der Waals surface area contributed by atoms with Crippen molar-refractivity contribution in [2.24, 2.45) is 7.05 Å². The minimum Gasteiger partial charge on any atom is -0.496 e. The van der Waals surface area contributed by atoms with Crippen molar-refractivity contribution in [3.63, 3.8) is 0 Å². The summed E-state index contributed by atoms with van der Waals surface area (Å²) >= 11 is 0. The lowest BCUT2D eigenvalue weighted by atomic mass is 9.98. The summed E-state index contributed by atoms with van der Waals surface area (Å²) in [6, 6.07) is 6.29. The van der Waals surface area contributed by atoms with Gasteiger partial charge in [0.1, 0.15) is 11.5 Å². The molecule has 2 N–H and O–H groups in total. The van der Waals surface area contributed by atoms with Gasteiger partial charge in [-0.05, 0) is 51.8 Å². The number of methoxy groups -OCH3 is 1. The first-order chi connectivity index (χ1) is 15.5. The summed E-state index contributed by atoms with van der Waals surface area (Å²) in [6.07, 6.45) is 4.36. The van der Waals surface area contributed by atoms with Gasteiger partial charge >= 0.3 is 0 Å². The molecule has 0 saturated heterocycles. The predicted molar refractivity (Wildman–Crippen MR) is 123 cm³/mol. The average Bonchev–Trinajstić information content (AvgIpc) is 3.37. The second-order valence-corrected chi connectivity index (χ2v) is 8.83. The van der Waals surface area contributed by atoms with Gasteiger partial charge in [0.15, 0.2) is 7.05 Å². The maximum atomic E-state index is 5.84. The molecular weight excluding hydrogens is 402 g/mol. The van der Waals surface area contributed by atoms with Crippen LogP contribution in [0.3, 0.4) is 0 Å². The number of ether oxygens (including phenoxy) is 1. The Labute approximate surface area is 185 Å². The number of hydrogen-bond acceptors (Lipinski definition) is 4. The average molecular weight is 429 g/mol. The smallest absolute Gasteiger partial charge is 0.220 e. The van der Waals surface area contributed by atoms with Gasteiger partial charge in [-0.25, -0.2) is 0 Å². The molecule has 0 radical (unpaired) electrons. The van der Waals surface area contributed by atoms with Crippen molar-refractivity contribution in [3.05, 3.63) is 47.2 Å². The third-order valence-corrected chi connectivity index (χ3v) is 6.66. The van der Waals surface area contributed by atoms with E-state index in [0.717, 1.165) is 61.5 Å². The highest BCUT2D eigenvalue weighted by molar-refractivity contribution is 6.14. The Kier molecular flexibility index (Phi) is 4.00. The molecule has 32 heavy (non-hydrogen) atoms. The number of aromatic amines is 2. The molecule has 7 heteroatoms. The van der Waals surface area contributed by atoms with Crippen LogP contribution in [0.4, 0.5) is 0 Å². The van der Waals surface area contributed by atoms with Crippen molar-refractivity contribution in [2.75, 3.05) is 7.11 Å². The van der Waals surface area contributed by atoms with Gasteiger partial charge in [0.25, 0.3) is 0 Å². The SMILES string of the molecule is COc1cc2c(cc1-c1c(C)noc1C)[nH]c1ccnc(-c3c(C)[nH][n+](C)c3C3CC3)c12. The van der Waals surface area contributed by atoms with Crippen molar-refractivity contribution in [3.8, 4) is 28.1 Å². The lowest BCUT2D eigenvalue weighted by Crippen LogP contribution is -2.34. The van der Waals surface area contributed by atoms with Crippen molar-refractivity contribution in [1.82, 2.24) is 20.2 Å². The number of rotatable bonds is 4. The van der Waals surface area contributed by atoms with E-state index in [0.29, 0.717) is 5.92 Å². The second kappa shape index (κ2) is 6.69. The van der Waals surface area contributed by atoms with E-state index in [9.17, 15) is 0 Å². The van der Waals surface area contributed by atoms with E-state index in [1.165, 1.54) is 24.1 Å². The zero-order chi connectivity index (χ0) is 22.1. The second-order valence-electron chi connectivity index (χ2n) is 8.83. The van der Waals surface area contributed by atoms with Crippen LogP contribution in [0.25, 0.3) is 44.2 Å². The third-order valence-electron chi connectivity index (χ3n) is 6.66. The van der Waals surface area contributed by atoms with Gasteiger partial charge in [-0.1, -0.05) is 5.16 Å². The van der Waals surface area contributed by atoms with Crippen LogP contribution < -0.4 is 9.42 Å². The van der Waals surface area contributed by atoms with Crippen molar-refractivity contribution >= 4 is 21.8 Å². The van der Waals surface area contributed by atoms with Crippen LogP contribution in [0.15, 0.2) is 28.9 Å². The van der Waals surface area contributed by atoms with Gasteiger partial charge in [0, 0.05) is 34.0 Å². The summed E-state index contributed by atoms with van der Waals surface area (Å²) in [7, 11) is 3.80. The van der Waals surface area contributed by atoms with E-state index in [1.807, 2.05) is 26.1 Å². The summed E-state index contributed by atoms with van der Waals surface area (Å²) < 4.78 is 13.4. The van der Waals surface area contributed by atoms with Crippen molar-refractivity contribution in [2.45, 2.75) is 39.5 Å². The largest absolute Gasteiger partial charge is 0.496 e. The standard InChI is InChI=1S/C25H25N5O2/c1-12-22(25(15-6-7-15)30(4)28-12)24-23-16-11-20(31-5)17(21-13(2)29-32-14(21)3)10-19(16)27-18(23)8-9-26-24/h8-11,15H,6-7H2,1-5H3,(H,26,27)/p+1. The maximum Gasteiger partial charge on any atom is 0.220 e. The van der Waals surface area contributed by atoms with E-state index in [4.69, 9.17) is 14.2 Å². The van der Waals surface area contributed by atoms with E-state index >= 15 is 0 Å². The van der Waals surface area contributed by atoms with Crippen molar-refractivity contribution < 1.29 is 13.9 Å². The molecule has 0 unspecified atom stereocenters. The van der Waals surface area contributed by atoms with Crippen LogP contribution >= 0.6 is 0 Å². The monoisotopic (exact) mass is 428 g/mol. The lowest BCUT2D eigenvalue weighted by Gasteiger charge is -2.09. The summed E-state index contributed by atoms with van der Waals surface area (Å²) in [6.45, 7) is 6.02. The van der Waals surface area contributed by atoms with E-state index < -0.39 is 0 Å². The number of pyridine rings is 1. The molecule has 4 aromatic heterocycles. The molecule has 6 rings (SSSR count). The number of nitrogens with zero attached hydrogens (tertiary/aromatic N) is 3. The Bertz CT molecular complexity index is 1500. The molecule has 0 bridgehead atoms. The van der Waals surface area contributed by atoms with Crippen LogP contribution in [-0.2, 0) is 7.05 Å². The number of aromatic nitrogens is 5. The van der Waals surface area contributed by atoms with Gasteiger partial charge in [0.05, 0.1) is 40.8 Å². The summed E-state index contributed by atoms with van der Waals surface area (Å²) in [5.41, 5.74) is 9.61. The van der Waals surface area contributed by atoms with E-state index in [2.05, 4.69) is 46.0 Å². The number of nitrogens with one attached hydrogen (secondary N) is 2. The number of aryl methyl sites for hydroxylation is 4. The molecule has 4 heterocycles. The molecule has 1 saturated carbocycles. The fourth-order valence-corrected chi connectivity index (χ4v) is 5.16. The van der Waals surface area contributed by atoms with E-state index in [-0.39, 0.29) is 0 Å². The molecule has 1 aromatic carbocycles. The fraction of sp³-hybridized carbons (Fsp3) is 0.320. The van der Waals surface area contributed by atoms with Gasteiger partial charge in [-0.3, -0.25) is 4.98 Å². The number of benzene rings is 1. The third kappa shape index (κ3) is 2.63. The van der Waals surface area contributed by atoms with Crippen LogP contribution in [0.2, 0.25) is 0 Å². The highest BCUT2D eigenvalue weighted by atomic mass is 16.5. The highest BCUT2D eigenvalue weighted by Gasteiger charge is 2.38.